The van der Waals surface area contributed by atoms with Crippen LogP contribution in [0.25, 0.3) is 0 Å². The number of aryl methyl sites for hydroxylation is 2. The molecule has 126 valence electrons. The van der Waals surface area contributed by atoms with Crippen molar-refractivity contribution < 1.29 is 4.74 Å². The van der Waals surface area contributed by atoms with E-state index in [-0.39, 0.29) is 0 Å². The Bertz CT molecular complexity index is 708. The van der Waals surface area contributed by atoms with Crippen molar-refractivity contribution in [3.05, 3.63) is 47.2 Å². The van der Waals surface area contributed by atoms with Crippen molar-refractivity contribution in [3.63, 3.8) is 0 Å². The van der Waals surface area contributed by atoms with Crippen molar-refractivity contribution in [1.29, 1.82) is 5.26 Å². The highest BCUT2D eigenvalue weighted by Gasteiger charge is 2.09. The van der Waals surface area contributed by atoms with E-state index in [1.807, 2.05) is 6.92 Å². The number of aliphatic imine (C=N–C) groups is 1. The van der Waals surface area contributed by atoms with Crippen LogP contribution < -0.4 is 0 Å². The Balaban J connectivity index is 2.04. The first kappa shape index (κ1) is 17.7. The van der Waals surface area contributed by atoms with Crippen LogP contribution in [0.5, 0.6) is 0 Å². The lowest BCUT2D eigenvalue weighted by molar-refractivity contribution is 0.343. The van der Waals surface area contributed by atoms with E-state index in [9.17, 15) is 0 Å². The highest BCUT2D eigenvalue weighted by molar-refractivity contribution is 5.58. The Kier molecular flexibility index (Phi) is 6.56. The summed E-state index contributed by atoms with van der Waals surface area (Å²) in [6.07, 6.45) is 4.85. The largest absolute Gasteiger partial charge is 0.483 e. The lowest BCUT2D eigenvalue weighted by atomic mass is 10.0. The van der Waals surface area contributed by atoms with Gasteiger partial charge in [-0.2, -0.15) is 15.4 Å². The van der Waals surface area contributed by atoms with Gasteiger partial charge < -0.3 is 4.74 Å². The van der Waals surface area contributed by atoms with Crippen LogP contribution in [0.15, 0.2) is 35.5 Å². The molecule has 0 saturated carbocycles. The summed E-state index contributed by atoms with van der Waals surface area (Å²) in [5, 5.41) is 13.4. The van der Waals surface area contributed by atoms with Crippen LogP contribution in [0, 0.1) is 17.2 Å². The molecule has 0 aliphatic carbocycles. The van der Waals surface area contributed by atoms with E-state index in [0.29, 0.717) is 30.5 Å². The number of ether oxygens (including phenoxy) is 1. The molecular weight excluding hydrogens is 300 g/mol. The molecular formula is C19H24N4O. The van der Waals surface area contributed by atoms with Crippen LogP contribution in [0.1, 0.15) is 37.5 Å². The molecule has 1 aromatic heterocycles. The summed E-state index contributed by atoms with van der Waals surface area (Å²) in [4.78, 5) is 4.22. The molecule has 0 saturated heterocycles. The quantitative estimate of drug-likeness (QED) is 0.546. The Hall–Kier alpha value is -2.61. The summed E-state index contributed by atoms with van der Waals surface area (Å²) in [5.41, 5.74) is 3.07. The van der Waals surface area contributed by atoms with E-state index in [0.717, 1.165) is 12.8 Å². The van der Waals surface area contributed by atoms with Gasteiger partial charge in [0.2, 0.25) is 0 Å². The van der Waals surface area contributed by atoms with Gasteiger partial charge in [-0.3, -0.25) is 0 Å². The van der Waals surface area contributed by atoms with Crippen LogP contribution in [0.3, 0.4) is 0 Å². The molecule has 1 heterocycles. The molecule has 0 atom stereocenters. The van der Waals surface area contributed by atoms with E-state index < -0.39 is 0 Å². The minimum absolute atomic E-state index is 0.457. The molecule has 0 aliphatic rings. The summed E-state index contributed by atoms with van der Waals surface area (Å²) in [6, 6.07) is 10.8. The molecule has 0 radical (unpaired) electrons. The molecule has 2 rings (SSSR count). The Morgan fingerprint density at radius 2 is 2.00 bits per heavy atom. The van der Waals surface area contributed by atoms with E-state index in [1.165, 1.54) is 17.5 Å². The summed E-state index contributed by atoms with van der Waals surface area (Å²) in [6.45, 7) is 7.55. The minimum Gasteiger partial charge on any atom is -0.483 e. The second kappa shape index (κ2) is 8.88. The molecule has 0 bridgehead atoms. The van der Waals surface area contributed by atoms with Crippen molar-refractivity contribution in [2.45, 2.75) is 40.2 Å². The van der Waals surface area contributed by atoms with Gasteiger partial charge in [0.15, 0.2) is 12.2 Å². The van der Waals surface area contributed by atoms with Crippen LogP contribution in [-0.4, -0.2) is 22.8 Å². The fourth-order valence-corrected chi connectivity index (χ4v) is 2.47. The van der Waals surface area contributed by atoms with Crippen molar-refractivity contribution in [1.82, 2.24) is 9.78 Å². The zero-order valence-corrected chi connectivity index (χ0v) is 14.6. The molecule has 0 spiro atoms. The monoisotopic (exact) mass is 324 g/mol. The smallest absolute Gasteiger partial charge is 0.176 e. The number of nitrogens with zero attached hydrogens (tertiary/aromatic N) is 4. The summed E-state index contributed by atoms with van der Waals surface area (Å²) < 4.78 is 6.87. The third kappa shape index (κ3) is 4.95. The van der Waals surface area contributed by atoms with E-state index >= 15 is 0 Å². The maximum atomic E-state index is 9.16. The first-order chi connectivity index (χ1) is 11.6. The van der Waals surface area contributed by atoms with Gasteiger partial charge in [-0.25, -0.2) is 4.68 Å². The third-order valence-corrected chi connectivity index (χ3v) is 3.63. The highest BCUT2D eigenvalue weighted by Crippen LogP contribution is 2.18. The lowest BCUT2D eigenvalue weighted by Crippen LogP contribution is -2.03. The zero-order chi connectivity index (χ0) is 17.4. The summed E-state index contributed by atoms with van der Waals surface area (Å²) in [7, 11) is 0. The van der Waals surface area contributed by atoms with Gasteiger partial charge in [-0.1, -0.05) is 38.1 Å². The maximum absolute atomic E-state index is 9.16. The molecule has 5 heteroatoms. The van der Waals surface area contributed by atoms with Crippen molar-refractivity contribution >= 4 is 12.2 Å². The van der Waals surface area contributed by atoms with Gasteiger partial charge in [-0.05, 0) is 36.8 Å². The van der Waals surface area contributed by atoms with Crippen LogP contribution in [0.2, 0.25) is 0 Å². The van der Waals surface area contributed by atoms with E-state index in [1.54, 1.807) is 10.9 Å². The molecule has 0 fully saturated rings. The average Bonchev–Trinajstić information content (AvgIpc) is 2.96. The molecule has 0 amide bonds. The van der Waals surface area contributed by atoms with Gasteiger partial charge in [0.25, 0.3) is 0 Å². The van der Waals surface area contributed by atoms with Gasteiger partial charge in [0.1, 0.15) is 11.6 Å². The fourth-order valence-electron chi connectivity index (χ4n) is 2.47. The van der Waals surface area contributed by atoms with Gasteiger partial charge in [0, 0.05) is 6.54 Å². The minimum atomic E-state index is 0.457. The molecule has 0 N–H and O–H groups in total. The number of hydrogen-bond acceptors (Lipinski definition) is 4. The van der Waals surface area contributed by atoms with E-state index in [2.05, 4.69) is 54.3 Å². The Morgan fingerprint density at radius 1 is 1.29 bits per heavy atom. The van der Waals surface area contributed by atoms with Crippen molar-refractivity contribution in [3.8, 4) is 6.07 Å². The average molecular weight is 324 g/mol. The van der Waals surface area contributed by atoms with Crippen molar-refractivity contribution in [2.75, 3.05) is 6.61 Å². The van der Waals surface area contributed by atoms with Gasteiger partial charge in [-0.15, -0.1) is 0 Å². The van der Waals surface area contributed by atoms with Crippen molar-refractivity contribution in [2.24, 2.45) is 10.9 Å². The van der Waals surface area contributed by atoms with Crippen LogP contribution in [0.4, 0.5) is 5.82 Å². The number of benzene rings is 1. The standard InChI is InChI=1S/C19H24N4O/c1-4-24-14-21-19-18(12-20)13-22-23(19)10-9-16-5-7-17(8-6-16)11-15(2)3/h5-8,13-15H,4,9-11H2,1-3H3/b21-14+. The number of aromatic nitrogens is 2. The second-order valence-corrected chi connectivity index (χ2v) is 6.07. The number of hydrogen-bond donors (Lipinski definition) is 0. The molecule has 0 aliphatic heterocycles. The summed E-state index contributed by atoms with van der Waals surface area (Å²) in [5.74, 6) is 1.21. The maximum Gasteiger partial charge on any atom is 0.176 e. The highest BCUT2D eigenvalue weighted by atomic mass is 16.5. The molecule has 0 unspecified atom stereocenters. The number of nitriles is 1. The van der Waals surface area contributed by atoms with Gasteiger partial charge >= 0.3 is 0 Å². The topological polar surface area (TPSA) is 63.2 Å². The zero-order valence-electron chi connectivity index (χ0n) is 14.6. The number of rotatable bonds is 8. The third-order valence-electron chi connectivity index (χ3n) is 3.63. The van der Waals surface area contributed by atoms with Gasteiger partial charge in [0.05, 0.1) is 12.8 Å². The van der Waals surface area contributed by atoms with Crippen LogP contribution in [-0.2, 0) is 24.1 Å². The molecule has 1 aromatic carbocycles. The SMILES string of the molecule is CCO/C=N/c1c(C#N)cnn1CCc1ccc(CC(C)C)cc1. The summed E-state index contributed by atoms with van der Waals surface area (Å²) >= 11 is 0. The fraction of sp³-hybridized carbons (Fsp3) is 0.421. The second-order valence-electron chi connectivity index (χ2n) is 6.07. The molecule has 24 heavy (non-hydrogen) atoms. The predicted molar refractivity (Wildman–Crippen MR) is 95.4 cm³/mol. The normalized spacial score (nSPS) is 11.1. The van der Waals surface area contributed by atoms with Crippen LogP contribution >= 0.6 is 0 Å². The Morgan fingerprint density at radius 3 is 2.62 bits per heavy atom. The Labute approximate surface area is 143 Å². The first-order valence-corrected chi connectivity index (χ1v) is 8.32. The molecule has 5 nitrogen and oxygen atoms in total. The lowest BCUT2D eigenvalue weighted by Gasteiger charge is -2.07. The predicted octanol–water partition coefficient (Wildman–Crippen LogP) is 3.89. The first-order valence-electron chi connectivity index (χ1n) is 8.32. The van der Waals surface area contributed by atoms with E-state index in [4.69, 9.17) is 10.00 Å². The molecule has 2 aromatic rings.